The third kappa shape index (κ3) is 3.19. The first-order chi connectivity index (χ1) is 10.8. The van der Waals surface area contributed by atoms with E-state index in [1.54, 1.807) is 6.92 Å². The van der Waals surface area contributed by atoms with Crippen LogP contribution >= 0.6 is 0 Å². The average molecular weight is 337 g/mol. The molecule has 0 spiro atoms. The van der Waals surface area contributed by atoms with Crippen LogP contribution in [0.2, 0.25) is 0 Å². The Hall–Kier alpha value is -2.41. The van der Waals surface area contributed by atoms with E-state index in [2.05, 4.69) is 0 Å². The van der Waals surface area contributed by atoms with Gasteiger partial charge in [-0.2, -0.15) is 0 Å². The highest BCUT2D eigenvalue weighted by atomic mass is 32.2. The smallest absolute Gasteiger partial charge is 0.335 e. The molecule has 0 saturated heterocycles. The summed E-state index contributed by atoms with van der Waals surface area (Å²) in [4.78, 5) is 11.0. The standard InChI is InChI=1S/C16H16FNO4S/c1-3-11-8-9-12(16(19)20)10-15(11)23(21,22)18(2)14-7-5-4-6-13(14)17/h4-10H,3H2,1-2H3,(H,19,20). The highest BCUT2D eigenvalue weighted by Gasteiger charge is 2.26. The molecule has 122 valence electrons. The number of rotatable bonds is 5. The van der Waals surface area contributed by atoms with Crippen LogP contribution < -0.4 is 4.31 Å². The van der Waals surface area contributed by atoms with Crippen molar-refractivity contribution in [1.82, 2.24) is 0 Å². The van der Waals surface area contributed by atoms with Crippen LogP contribution in [0.1, 0.15) is 22.8 Å². The van der Waals surface area contributed by atoms with Crippen LogP contribution in [0.15, 0.2) is 47.4 Å². The minimum atomic E-state index is -4.08. The second kappa shape index (κ2) is 6.37. The minimum Gasteiger partial charge on any atom is -0.478 e. The Kier molecular flexibility index (Phi) is 4.70. The lowest BCUT2D eigenvalue weighted by molar-refractivity contribution is 0.0696. The van der Waals surface area contributed by atoms with Crippen molar-refractivity contribution in [2.75, 3.05) is 11.4 Å². The first kappa shape index (κ1) is 17.0. The van der Waals surface area contributed by atoms with Crippen LogP contribution in [-0.4, -0.2) is 26.5 Å². The molecule has 0 fully saturated rings. The predicted molar refractivity (Wildman–Crippen MR) is 84.8 cm³/mol. The van der Waals surface area contributed by atoms with Gasteiger partial charge < -0.3 is 5.11 Å². The van der Waals surface area contributed by atoms with Gasteiger partial charge in [-0.1, -0.05) is 25.1 Å². The molecule has 0 heterocycles. The first-order valence-electron chi connectivity index (χ1n) is 6.88. The number of para-hydroxylation sites is 1. The van der Waals surface area contributed by atoms with E-state index >= 15 is 0 Å². The first-order valence-corrected chi connectivity index (χ1v) is 8.32. The number of carboxylic acids is 1. The van der Waals surface area contributed by atoms with E-state index in [-0.39, 0.29) is 16.1 Å². The number of halogens is 1. The SMILES string of the molecule is CCc1ccc(C(=O)O)cc1S(=O)(=O)N(C)c1ccccc1F. The summed E-state index contributed by atoms with van der Waals surface area (Å²) in [5.41, 5.74) is 0.233. The van der Waals surface area contributed by atoms with E-state index in [1.807, 2.05) is 0 Å². The normalized spacial score (nSPS) is 11.3. The van der Waals surface area contributed by atoms with Crippen LogP contribution in [-0.2, 0) is 16.4 Å². The molecule has 1 N–H and O–H groups in total. The summed E-state index contributed by atoms with van der Waals surface area (Å²) < 4.78 is 40.3. The summed E-state index contributed by atoms with van der Waals surface area (Å²) in [6, 6.07) is 9.42. The third-order valence-electron chi connectivity index (χ3n) is 3.53. The Balaban J connectivity index is 2.61. The molecule has 2 aromatic carbocycles. The summed E-state index contributed by atoms with van der Waals surface area (Å²) >= 11 is 0. The summed E-state index contributed by atoms with van der Waals surface area (Å²) in [6.45, 7) is 1.76. The van der Waals surface area contributed by atoms with E-state index in [0.717, 1.165) is 16.4 Å². The molecule has 0 aliphatic rings. The number of aromatic carboxylic acids is 1. The van der Waals surface area contributed by atoms with Gasteiger partial charge >= 0.3 is 5.97 Å². The number of carbonyl (C=O) groups is 1. The molecule has 2 rings (SSSR count). The van der Waals surface area contributed by atoms with E-state index in [1.165, 1.54) is 37.4 Å². The molecular formula is C16H16FNO4S. The molecule has 23 heavy (non-hydrogen) atoms. The van der Waals surface area contributed by atoms with Crippen molar-refractivity contribution in [2.45, 2.75) is 18.2 Å². The Labute approximate surface area is 134 Å². The molecule has 0 unspecified atom stereocenters. The fraction of sp³-hybridized carbons (Fsp3) is 0.188. The maximum atomic E-state index is 13.9. The maximum absolute atomic E-state index is 13.9. The Morgan fingerprint density at radius 3 is 2.43 bits per heavy atom. The van der Waals surface area contributed by atoms with Gasteiger partial charge in [-0.3, -0.25) is 4.31 Å². The van der Waals surface area contributed by atoms with Gasteiger partial charge in [0.1, 0.15) is 5.82 Å². The monoisotopic (exact) mass is 337 g/mol. The van der Waals surface area contributed by atoms with Gasteiger partial charge in [-0.25, -0.2) is 17.6 Å². The summed E-state index contributed by atoms with van der Waals surface area (Å²) in [5.74, 6) is -1.90. The molecule has 2 aromatic rings. The number of benzene rings is 2. The Morgan fingerprint density at radius 1 is 1.22 bits per heavy atom. The predicted octanol–water partition coefficient (Wildman–Crippen LogP) is 2.91. The van der Waals surface area contributed by atoms with Gasteiger partial charge in [0, 0.05) is 7.05 Å². The van der Waals surface area contributed by atoms with Gasteiger partial charge in [0.15, 0.2) is 0 Å². The van der Waals surface area contributed by atoms with Gasteiger partial charge in [0.05, 0.1) is 16.1 Å². The third-order valence-corrected chi connectivity index (χ3v) is 5.38. The number of hydrogen-bond donors (Lipinski definition) is 1. The lowest BCUT2D eigenvalue weighted by Crippen LogP contribution is -2.28. The molecule has 0 aliphatic heterocycles. The van der Waals surface area contributed by atoms with Gasteiger partial charge in [-0.05, 0) is 36.2 Å². The lowest BCUT2D eigenvalue weighted by Gasteiger charge is -2.21. The topological polar surface area (TPSA) is 74.7 Å². The zero-order valence-electron chi connectivity index (χ0n) is 12.7. The Morgan fingerprint density at radius 2 is 1.87 bits per heavy atom. The number of aryl methyl sites for hydroxylation is 1. The molecule has 0 saturated carbocycles. The molecule has 0 atom stereocenters. The highest BCUT2D eigenvalue weighted by Crippen LogP contribution is 2.27. The van der Waals surface area contributed by atoms with E-state index in [0.29, 0.717) is 12.0 Å². The fourth-order valence-electron chi connectivity index (χ4n) is 2.20. The molecule has 0 bridgehead atoms. The number of sulfonamides is 1. The number of hydrogen-bond acceptors (Lipinski definition) is 3. The van der Waals surface area contributed by atoms with Crippen LogP contribution in [0.5, 0.6) is 0 Å². The van der Waals surface area contributed by atoms with Crippen molar-refractivity contribution in [3.05, 3.63) is 59.4 Å². The van der Waals surface area contributed by atoms with Crippen molar-refractivity contribution < 1.29 is 22.7 Å². The van der Waals surface area contributed by atoms with E-state index in [9.17, 15) is 17.6 Å². The molecule has 5 nitrogen and oxygen atoms in total. The van der Waals surface area contributed by atoms with Crippen molar-refractivity contribution >= 4 is 21.7 Å². The second-order valence-corrected chi connectivity index (χ2v) is 6.84. The largest absolute Gasteiger partial charge is 0.478 e. The lowest BCUT2D eigenvalue weighted by atomic mass is 10.1. The molecular weight excluding hydrogens is 321 g/mol. The number of carboxylic acid groups (broad SMARTS) is 1. The van der Waals surface area contributed by atoms with E-state index < -0.39 is 21.8 Å². The van der Waals surface area contributed by atoms with Gasteiger partial charge in [0.2, 0.25) is 0 Å². The maximum Gasteiger partial charge on any atom is 0.335 e. The van der Waals surface area contributed by atoms with Crippen molar-refractivity contribution in [3.8, 4) is 0 Å². The van der Waals surface area contributed by atoms with Crippen molar-refractivity contribution in [3.63, 3.8) is 0 Å². The molecule has 0 aromatic heterocycles. The molecule has 0 radical (unpaired) electrons. The summed E-state index contributed by atoms with van der Waals surface area (Å²) in [5, 5.41) is 9.07. The zero-order chi connectivity index (χ0) is 17.2. The summed E-state index contributed by atoms with van der Waals surface area (Å²) in [6.07, 6.45) is 0.402. The van der Waals surface area contributed by atoms with Crippen LogP contribution in [0.25, 0.3) is 0 Å². The van der Waals surface area contributed by atoms with Crippen LogP contribution in [0.3, 0.4) is 0 Å². The number of anilines is 1. The quantitative estimate of drug-likeness (QED) is 0.910. The fourth-order valence-corrected chi connectivity index (χ4v) is 3.73. The second-order valence-electron chi connectivity index (χ2n) is 4.91. The van der Waals surface area contributed by atoms with Gasteiger partial charge in [-0.15, -0.1) is 0 Å². The number of nitrogens with zero attached hydrogens (tertiary/aromatic N) is 1. The zero-order valence-corrected chi connectivity index (χ0v) is 13.5. The van der Waals surface area contributed by atoms with Crippen molar-refractivity contribution in [2.24, 2.45) is 0 Å². The minimum absolute atomic E-state index is 0.102. The van der Waals surface area contributed by atoms with Gasteiger partial charge in [0.25, 0.3) is 10.0 Å². The van der Waals surface area contributed by atoms with Crippen molar-refractivity contribution in [1.29, 1.82) is 0 Å². The molecule has 0 amide bonds. The highest BCUT2D eigenvalue weighted by molar-refractivity contribution is 7.92. The average Bonchev–Trinajstić information content (AvgIpc) is 2.53. The van der Waals surface area contributed by atoms with E-state index in [4.69, 9.17) is 5.11 Å². The van der Waals surface area contributed by atoms with Crippen LogP contribution in [0, 0.1) is 5.82 Å². The Bertz CT molecular complexity index is 849. The summed E-state index contributed by atoms with van der Waals surface area (Å²) in [7, 11) is -2.85. The molecule has 7 heteroatoms. The molecule has 0 aliphatic carbocycles. The van der Waals surface area contributed by atoms with Crippen LogP contribution in [0.4, 0.5) is 10.1 Å².